The SMILES string of the molecule is Cc1nc(CN(C)C(=O)c2ccc(C(C)C)nc2)no1. The number of hydrogen-bond acceptors (Lipinski definition) is 5. The Morgan fingerprint density at radius 1 is 1.40 bits per heavy atom. The Morgan fingerprint density at radius 3 is 2.65 bits per heavy atom. The molecular weight excluding hydrogens is 256 g/mol. The highest BCUT2D eigenvalue weighted by Crippen LogP contribution is 2.12. The minimum absolute atomic E-state index is 0.116. The van der Waals surface area contributed by atoms with Crippen LogP contribution in [0.25, 0.3) is 0 Å². The van der Waals surface area contributed by atoms with Gasteiger partial charge in [0.2, 0.25) is 5.89 Å². The predicted octanol–water partition coefficient (Wildman–Crippen LogP) is 2.17. The highest BCUT2D eigenvalue weighted by molar-refractivity contribution is 5.93. The molecule has 0 N–H and O–H groups in total. The summed E-state index contributed by atoms with van der Waals surface area (Å²) in [6, 6.07) is 3.67. The first-order valence-corrected chi connectivity index (χ1v) is 6.48. The zero-order valence-electron chi connectivity index (χ0n) is 12.1. The van der Waals surface area contributed by atoms with Gasteiger partial charge in [-0.15, -0.1) is 0 Å². The summed E-state index contributed by atoms with van der Waals surface area (Å²) in [5, 5.41) is 3.77. The molecule has 2 aromatic rings. The molecule has 0 fully saturated rings. The van der Waals surface area contributed by atoms with E-state index in [0.717, 1.165) is 5.69 Å². The van der Waals surface area contributed by atoms with Crippen molar-refractivity contribution in [1.29, 1.82) is 0 Å². The van der Waals surface area contributed by atoms with Crippen molar-refractivity contribution in [1.82, 2.24) is 20.0 Å². The van der Waals surface area contributed by atoms with Gasteiger partial charge in [-0.05, 0) is 18.1 Å². The number of rotatable bonds is 4. The van der Waals surface area contributed by atoms with E-state index >= 15 is 0 Å². The van der Waals surface area contributed by atoms with E-state index < -0.39 is 0 Å². The number of pyridine rings is 1. The molecule has 0 unspecified atom stereocenters. The lowest BCUT2D eigenvalue weighted by atomic mass is 10.1. The second-order valence-corrected chi connectivity index (χ2v) is 5.02. The summed E-state index contributed by atoms with van der Waals surface area (Å²) in [6.45, 7) is 6.15. The van der Waals surface area contributed by atoms with E-state index in [2.05, 4.69) is 29.0 Å². The second kappa shape index (κ2) is 5.81. The molecule has 6 nitrogen and oxygen atoms in total. The lowest BCUT2D eigenvalue weighted by Gasteiger charge is -2.15. The van der Waals surface area contributed by atoms with E-state index in [1.54, 1.807) is 26.2 Å². The van der Waals surface area contributed by atoms with Crippen molar-refractivity contribution >= 4 is 5.91 Å². The second-order valence-electron chi connectivity index (χ2n) is 5.02. The number of nitrogens with zero attached hydrogens (tertiary/aromatic N) is 4. The minimum atomic E-state index is -0.116. The summed E-state index contributed by atoms with van der Waals surface area (Å²) in [5.41, 5.74) is 1.52. The zero-order chi connectivity index (χ0) is 14.7. The number of aromatic nitrogens is 3. The molecule has 0 atom stereocenters. The predicted molar refractivity (Wildman–Crippen MR) is 73.2 cm³/mol. The Balaban J connectivity index is 2.06. The molecule has 0 aromatic carbocycles. The van der Waals surface area contributed by atoms with Gasteiger partial charge >= 0.3 is 0 Å². The molecule has 106 valence electrons. The Kier molecular flexibility index (Phi) is 4.12. The van der Waals surface area contributed by atoms with Crippen LogP contribution in [-0.4, -0.2) is 33.0 Å². The van der Waals surface area contributed by atoms with Gasteiger partial charge in [0.15, 0.2) is 5.82 Å². The van der Waals surface area contributed by atoms with E-state index in [0.29, 0.717) is 29.7 Å². The summed E-state index contributed by atoms with van der Waals surface area (Å²) in [4.78, 5) is 22.1. The summed E-state index contributed by atoms with van der Waals surface area (Å²) in [7, 11) is 1.70. The third-order valence-electron chi connectivity index (χ3n) is 2.92. The van der Waals surface area contributed by atoms with Crippen molar-refractivity contribution < 1.29 is 9.32 Å². The highest BCUT2D eigenvalue weighted by Gasteiger charge is 2.15. The van der Waals surface area contributed by atoms with Gasteiger partial charge in [-0.1, -0.05) is 19.0 Å². The quantitative estimate of drug-likeness (QED) is 0.854. The van der Waals surface area contributed by atoms with Crippen LogP contribution in [0.3, 0.4) is 0 Å². The van der Waals surface area contributed by atoms with Crippen molar-refractivity contribution in [3.05, 3.63) is 41.3 Å². The molecule has 0 radical (unpaired) electrons. The molecule has 20 heavy (non-hydrogen) atoms. The van der Waals surface area contributed by atoms with Crippen LogP contribution in [0, 0.1) is 6.92 Å². The van der Waals surface area contributed by atoms with Crippen molar-refractivity contribution in [3.8, 4) is 0 Å². The van der Waals surface area contributed by atoms with Gasteiger partial charge in [0.05, 0.1) is 12.1 Å². The van der Waals surface area contributed by atoms with E-state index in [1.165, 1.54) is 4.90 Å². The maximum Gasteiger partial charge on any atom is 0.255 e. The molecule has 0 saturated heterocycles. The normalized spacial score (nSPS) is 10.8. The van der Waals surface area contributed by atoms with Crippen molar-refractivity contribution in [2.75, 3.05) is 7.05 Å². The Labute approximate surface area is 117 Å². The van der Waals surface area contributed by atoms with E-state index in [-0.39, 0.29) is 5.91 Å². The average molecular weight is 274 g/mol. The van der Waals surface area contributed by atoms with Crippen LogP contribution in [0.1, 0.15) is 47.5 Å². The van der Waals surface area contributed by atoms with Gasteiger partial charge in [0.25, 0.3) is 5.91 Å². The molecule has 0 bridgehead atoms. The first-order valence-electron chi connectivity index (χ1n) is 6.48. The fraction of sp³-hybridized carbons (Fsp3) is 0.429. The third kappa shape index (κ3) is 3.20. The molecule has 2 aromatic heterocycles. The maximum absolute atomic E-state index is 12.2. The van der Waals surface area contributed by atoms with Gasteiger partial charge in [-0.25, -0.2) is 0 Å². The number of aryl methyl sites for hydroxylation is 1. The molecule has 6 heteroatoms. The molecule has 0 spiro atoms. The summed E-state index contributed by atoms with van der Waals surface area (Å²) >= 11 is 0. The van der Waals surface area contributed by atoms with Crippen molar-refractivity contribution in [3.63, 3.8) is 0 Å². The van der Waals surface area contributed by atoms with Gasteiger partial charge in [-0.2, -0.15) is 4.98 Å². The fourth-order valence-corrected chi connectivity index (χ4v) is 1.78. The Hall–Kier alpha value is -2.24. The Morgan fingerprint density at radius 2 is 2.15 bits per heavy atom. The molecule has 0 aliphatic carbocycles. The first-order chi connectivity index (χ1) is 9.47. The standard InChI is InChI=1S/C14H18N4O2/c1-9(2)12-6-5-11(7-15-12)14(19)18(4)8-13-16-10(3)20-17-13/h5-7,9H,8H2,1-4H3. The highest BCUT2D eigenvalue weighted by atomic mass is 16.5. The van der Waals surface area contributed by atoms with Crippen LogP contribution in [0.4, 0.5) is 0 Å². The van der Waals surface area contributed by atoms with Gasteiger partial charge in [0, 0.05) is 25.9 Å². The van der Waals surface area contributed by atoms with Crippen LogP contribution in [0.2, 0.25) is 0 Å². The fourth-order valence-electron chi connectivity index (χ4n) is 1.78. The van der Waals surface area contributed by atoms with E-state index in [1.807, 2.05) is 6.07 Å². The zero-order valence-corrected chi connectivity index (χ0v) is 12.1. The van der Waals surface area contributed by atoms with Crippen LogP contribution in [-0.2, 0) is 6.54 Å². The molecule has 0 aliphatic heterocycles. The molecular formula is C14H18N4O2. The molecule has 2 heterocycles. The van der Waals surface area contributed by atoms with Crippen LogP contribution < -0.4 is 0 Å². The van der Waals surface area contributed by atoms with Gasteiger partial charge in [0.1, 0.15) is 0 Å². The number of amides is 1. The minimum Gasteiger partial charge on any atom is -0.340 e. The third-order valence-corrected chi connectivity index (χ3v) is 2.92. The largest absolute Gasteiger partial charge is 0.340 e. The number of carbonyl (C=O) groups is 1. The number of hydrogen-bond donors (Lipinski definition) is 0. The van der Waals surface area contributed by atoms with Crippen molar-refractivity contribution in [2.24, 2.45) is 0 Å². The lowest BCUT2D eigenvalue weighted by molar-refractivity contribution is 0.0780. The van der Waals surface area contributed by atoms with Gasteiger partial charge < -0.3 is 9.42 Å². The average Bonchev–Trinajstić information content (AvgIpc) is 2.83. The first kappa shape index (κ1) is 14.2. The summed E-state index contributed by atoms with van der Waals surface area (Å²) in [5.74, 6) is 1.21. The topological polar surface area (TPSA) is 72.1 Å². The smallest absolute Gasteiger partial charge is 0.255 e. The monoisotopic (exact) mass is 274 g/mol. The van der Waals surface area contributed by atoms with Crippen LogP contribution in [0.5, 0.6) is 0 Å². The maximum atomic E-state index is 12.2. The lowest BCUT2D eigenvalue weighted by Crippen LogP contribution is -2.26. The summed E-state index contributed by atoms with van der Waals surface area (Å²) < 4.78 is 4.88. The molecule has 1 amide bonds. The summed E-state index contributed by atoms with van der Waals surface area (Å²) in [6.07, 6.45) is 1.61. The Bertz CT molecular complexity index is 589. The van der Waals surface area contributed by atoms with Crippen LogP contribution in [0.15, 0.2) is 22.9 Å². The number of carbonyl (C=O) groups excluding carboxylic acids is 1. The van der Waals surface area contributed by atoms with Gasteiger partial charge in [-0.3, -0.25) is 9.78 Å². The van der Waals surface area contributed by atoms with E-state index in [4.69, 9.17) is 4.52 Å². The molecule has 0 aliphatic rings. The molecule has 2 rings (SSSR count). The molecule has 0 saturated carbocycles. The van der Waals surface area contributed by atoms with E-state index in [9.17, 15) is 4.79 Å². The van der Waals surface area contributed by atoms with Crippen molar-refractivity contribution in [2.45, 2.75) is 33.2 Å². The van der Waals surface area contributed by atoms with Crippen LogP contribution >= 0.6 is 0 Å².